The molecule has 6 nitrogen and oxygen atoms in total. The van der Waals surface area contributed by atoms with Gasteiger partial charge in [-0.25, -0.2) is 4.79 Å². The molecule has 0 aliphatic carbocycles. The van der Waals surface area contributed by atoms with Gasteiger partial charge in [0.15, 0.2) is 0 Å². The molecule has 1 aliphatic heterocycles. The fraction of sp³-hybridized carbons (Fsp3) is 0.438. The molecule has 1 N–H and O–H groups in total. The highest BCUT2D eigenvalue weighted by molar-refractivity contribution is 6.30. The number of carbonyl (C=O) groups excluding carboxylic acids is 3. The van der Waals surface area contributed by atoms with E-state index in [4.69, 9.17) is 11.6 Å². The van der Waals surface area contributed by atoms with E-state index in [2.05, 4.69) is 5.32 Å². The molecule has 2 rings (SSSR count). The maximum Gasteiger partial charge on any atom is 0.325 e. The minimum Gasteiger partial charge on any atom is -0.342 e. The molecule has 1 atom stereocenters. The van der Waals surface area contributed by atoms with Crippen LogP contribution in [0.2, 0.25) is 5.02 Å². The molecule has 0 unspecified atom stereocenters. The van der Waals surface area contributed by atoms with Crippen LogP contribution in [0.4, 0.5) is 4.79 Å². The molecule has 1 aromatic rings. The molecule has 7 heteroatoms. The molecular formula is C16H20ClN3O3. The van der Waals surface area contributed by atoms with E-state index < -0.39 is 17.5 Å². The van der Waals surface area contributed by atoms with E-state index in [0.717, 1.165) is 4.90 Å². The first kappa shape index (κ1) is 17.3. The van der Waals surface area contributed by atoms with Crippen LogP contribution in [0.1, 0.15) is 26.3 Å². The average Bonchev–Trinajstić information content (AvgIpc) is 2.73. The number of benzene rings is 1. The normalized spacial score (nSPS) is 20.6. The van der Waals surface area contributed by atoms with Gasteiger partial charge in [-0.2, -0.15) is 0 Å². The van der Waals surface area contributed by atoms with Gasteiger partial charge in [0.25, 0.3) is 5.91 Å². The van der Waals surface area contributed by atoms with Crippen molar-refractivity contribution in [2.75, 3.05) is 19.6 Å². The predicted octanol–water partition coefficient (Wildman–Crippen LogP) is 1.98. The monoisotopic (exact) mass is 337 g/mol. The number of hydrogen-bond donors (Lipinski definition) is 1. The Bertz CT molecular complexity index is 628. The number of nitrogens with one attached hydrogen (secondary N) is 1. The fourth-order valence-corrected chi connectivity index (χ4v) is 2.76. The number of rotatable bonds is 5. The summed E-state index contributed by atoms with van der Waals surface area (Å²) >= 11 is 5.86. The van der Waals surface area contributed by atoms with Crippen molar-refractivity contribution in [2.24, 2.45) is 0 Å². The van der Waals surface area contributed by atoms with E-state index >= 15 is 0 Å². The summed E-state index contributed by atoms with van der Waals surface area (Å²) in [6, 6.07) is 6.14. The average molecular weight is 338 g/mol. The van der Waals surface area contributed by atoms with Crippen LogP contribution in [-0.4, -0.2) is 47.3 Å². The van der Waals surface area contributed by atoms with Gasteiger partial charge in [-0.05, 0) is 38.5 Å². The number of likely N-dealkylation sites (N-methyl/N-ethyl adjacent to an activating group) is 1. The zero-order chi connectivity index (χ0) is 17.2. The van der Waals surface area contributed by atoms with E-state index in [0.29, 0.717) is 23.7 Å². The lowest BCUT2D eigenvalue weighted by atomic mass is 9.92. The third kappa shape index (κ3) is 3.17. The standard InChI is InChI=1S/C16H20ClN3O3/c1-4-19(5-2)13(21)10-20-14(22)16(3,18-15(20)23)11-6-8-12(17)9-7-11/h6-9H,4-5,10H2,1-3H3,(H,18,23)/t16-/m0/s1. The smallest absolute Gasteiger partial charge is 0.325 e. The molecular weight excluding hydrogens is 318 g/mol. The second kappa shape index (κ2) is 6.58. The van der Waals surface area contributed by atoms with Crippen LogP contribution >= 0.6 is 11.6 Å². The van der Waals surface area contributed by atoms with Gasteiger partial charge in [0.1, 0.15) is 12.1 Å². The van der Waals surface area contributed by atoms with Gasteiger partial charge in [-0.3, -0.25) is 14.5 Å². The van der Waals surface area contributed by atoms with Crippen LogP contribution < -0.4 is 5.32 Å². The van der Waals surface area contributed by atoms with Crippen LogP contribution in [0.5, 0.6) is 0 Å². The maximum atomic E-state index is 12.7. The highest BCUT2D eigenvalue weighted by Gasteiger charge is 2.49. The molecule has 124 valence electrons. The summed E-state index contributed by atoms with van der Waals surface area (Å²) < 4.78 is 0. The van der Waals surface area contributed by atoms with Crippen molar-refractivity contribution in [1.82, 2.24) is 15.1 Å². The largest absolute Gasteiger partial charge is 0.342 e. The van der Waals surface area contributed by atoms with Crippen molar-refractivity contribution >= 4 is 29.4 Å². The zero-order valence-corrected chi connectivity index (χ0v) is 14.2. The summed E-state index contributed by atoms with van der Waals surface area (Å²) in [5.74, 6) is -0.691. The summed E-state index contributed by atoms with van der Waals surface area (Å²) in [6.07, 6.45) is 0. The number of nitrogens with zero attached hydrogens (tertiary/aromatic N) is 2. The van der Waals surface area contributed by atoms with Gasteiger partial charge in [0, 0.05) is 18.1 Å². The third-order valence-electron chi connectivity index (χ3n) is 4.11. The molecule has 0 spiro atoms. The first-order chi connectivity index (χ1) is 10.8. The number of amides is 4. The zero-order valence-electron chi connectivity index (χ0n) is 13.4. The molecule has 0 radical (unpaired) electrons. The van der Waals surface area contributed by atoms with Crippen molar-refractivity contribution in [3.05, 3.63) is 34.9 Å². The quantitative estimate of drug-likeness (QED) is 0.835. The highest BCUT2D eigenvalue weighted by Crippen LogP contribution is 2.29. The van der Waals surface area contributed by atoms with Gasteiger partial charge in [0.05, 0.1) is 0 Å². The third-order valence-corrected chi connectivity index (χ3v) is 4.36. The molecule has 1 fully saturated rings. The fourth-order valence-electron chi connectivity index (χ4n) is 2.63. The molecule has 1 saturated heterocycles. The van der Waals surface area contributed by atoms with Crippen molar-refractivity contribution < 1.29 is 14.4 Å². The SMILES string of the molecule is CCN(CC)C(=O)CN1C(=O)N[C@@](C)(c2ccc(Cl)cc2)C1=O. The number of halogens is 1. The summed E-state index contributed by atoms with van der Waals surface area (Å²) in [5, 5.41) is 3.21. The molecule has 4 amide bonds. The van der Waals surface area contributed by atoms with Crippen molar-refractivity contribution in [2.45, 2.75) is 26.3 Å². The molecule has 0 saturated carbocycles. The van der Waals surface area contributed by atoms with Crippen LogP contribution in [0, 0.1) is 0 Å². The van der Waals surface area contributed by atoms with E-state index in [1.165, 1.54) is 0 Å². The predicted molar refractivity (Wildman–Crippen MR) is 87.0 cm³/mol. The Labute approximate surface area is 140 Å². The molecule has 1 heterocycles. The summed E-state index contributed by atoms with van der Waals surface area (Å²) in [6.45, 7) is 6.14. The lowest BCUT2D eigenvalue weighted by molar-refractivity contribution is -0.138. The minimum atomic E-state index is -1.19. The van der Waals surface area contributed by atoms with Gasteiger partial charge >= 0.3 is 6.03 Å². The summed E-state index contributed by atoms with van der Waals surface area (Å²) in [4.78, 5) is 39.6. The highest BCUT2D eigenvalue weighted by atomic mass is 35.5. The first-order valence-corrected chi connectivity index (χ1v) is 7.89. The molecule has 0 aromatic heterocycles. The number of imide groups is 1. The van der Waals surface area contributed by atoms with Gasteiger partial charge in [0.2, 0.25) is 5.91 Å². The van der Waals surface area contributed by atoms with E-state index in [9.17, 15) is 14.4 Å². The van der Waals surface area contributed by atoms with Crippen molar-refractivity contribution in [1.29, 1.82) is 0 Å². The van der Waals surface area contributed by atoms with Gasteiger partial charge < -0.3 is 10.2 Å². The molecule has 23 heavy (non-hydrogen) atoms. The summed E-state index contributed by atoms with van der Waals surface area (Å²) in [5.41, 5.74) is -0.566. The van der Waals surface area contributed by atoms with E-state index in [1.807, 2.05) is 13.8 Å². The summed E-state index contributed by atoms with van der Waals surface area (Å²) in [7, 11) is 0. The number of urea groups is 1. The van der Waals surface area contributed by atoms with Gasteiger partial charge in [-0.1, -0.05) is 23.7 Å². The molecule has 0 bridgehead atoms. The van der Waals surface area contributed by atoms with E-state index in [-0.39, 0.29) is 12.5 Å². The Morgan fingerprint density at radius 1 is 1.22 bits per heavy atom. The molecule has 1 aromatic carbocycles. The van der Waals surface area contributed by atoms with Crippen LogP contribution in [0.15, 0.2) is 24.3 Å². The second-order valence-corrected chi connectivity index (χ2v) is 5.96. The Hall–Kier alpha value is -2.08. The number of hydrogen-bond acceptors (Lipinski definition) is 3. The molecule has 1 aliphatic rings. The lowest BCUT2D eigenvalue weighted by Crippen LogP contribution is -2.44. The Balaban J connectivity index is 2.22. The van der Waals surface area contributed by atoms with Crippen LogP contribution in [0.3, 0.4) is 0 Å². The maximum absolute atomic E-state index is 12.7. The minimum absolute atomic E-state index is 0.251. The van der Waals surface area contributed by atoms with Crippen molar-refractivity contribution in [3.8, 4) is 0 Å². The Morgan fingerprint density at radius 3 is 2.30 bits per heavy atom. The second-order valence-electron chi connectivity index (χ2n) is 5.52. The lowest BCUT2D eigenvalue weighted by Gasteiger charge is -2.23. The van der Waals surface area contributed by atoms with Crippen LogP contribution in [-0.2, 0) is 15.1 Å². The topological polar surface area (TPSA) is 69.7 Å². The Morgan fingerprint density at radius 2 is 1.78 bits per heavy atom. The van der Waals surface area contributed by atoms with Crippen molar-refractivity contribution in [3.63, 3.8) is 0 Å². The Kier molecular flexibility index (Phi) is 4.94. The van der Waals surface area contributed by atoms with Gasteiger partial charge in [-0.15, -0.1) is 0 Å². The number of carbonyl (C=O) groups is 3. The van der Waals surface area contributed by atoms with Crippen LogP contribution in [0.25, 0.3) is 0 Å². The first-order valence-electron chi connectivity index (χ1n) is 7.51. The van der Waals surface area contributed by atoms with E-state index in [1.54, 1.807) is 36.1 Å².